The fourth-order valence-corrected chi connectivity index (χ4v) is 2.31. The van der Waals surface area contributed by atoms with Gasteiger partial charge in [0.25, 0.3) is 0 Å². The molecule has 0 aliphatic carbocycles. The minimum Gasteiger partial charge on any atom is -0.328 e. The van der Waals surface area contributed by atoms with Gasteiger partial charge in [0.15, 0.2) is 0 Å². The SMILES string of the molecule is N[C@@H]1CCN(S)[C@H](c2ccccc2)C1. The molecular formula is C11H16N2S. The molecule has 0 unspecified atom stereocenters. The summed E-state index contributed by atoms with van der Waals surface area (Å²) < 4.78 is 2.10. The van der Waals surface area contributed by atoms with E-state index in [9.17, 15) is 0 Å². The van der Waals surface area contributed by atoms with Crippen molar-refractivity contribution in [3.05, 3.63) is 35.9 Å². The quantitative estimate of drug-likeness (QED) is 0.691. The topological polar surface area (TPSA) is 29.3 Å². The van der Waals surface area contributed by atoms with Crippen molar-refractivity contribution in [1.29, 1.82) is 0 Å². The van der Waals surface area contributed by atoms with Crippen LogP contribution in [0, 0.1) is 0 Å². The minimum atomic E-state index is 0.323. The van der Waals surface area contributed by atoms with Crippen LogP contribution in [-0.4, -0.2) is 16.9 Å². The van der Waals surface area contributed by atoms with Gasteiger partial charge in [0, 0.05) is 18.6 Å². The molecule has 0 spiro atoms. The first-order valence-corrected chi connectivity index (χ1v) is 5.43. The van der Waals surface area contributed by atoms with Crippen molar-refractivity contribution in [2.24, 2.45) is 5.73 Å². The minimum absolute atomic E-state index is 0.323. The average Bonchev–Trinajstić information content (AvgIpc) is 2.23. The molecule has 2 rings (SSSR count). The third-order valence-electron chi connectivity index (χ3n) is 2.80. The summed E-state index contributed by atoms with van der Waals surface area (Å²) in [6.45, 7) is 0.976. The van der Waals surface area contributed by atoms with Crippen LogP contribution in [0.25, 0.3) is 0 Å². The normalized spacial score (nSPS) is 29.0. The van der Waals surface area contributed by atoms with Gasteiger partial charge >= 0.3 is 0 Å². The van der Waals surface area contributed by atoms with Crippen LogP contribution in [0.2, 0.25) is 0 Å². The Hall–Kier alpha value is -0.510. The summed E-state index contributed by atoms with van der Waals surface area (Å²) in [6, 6.07) is 11.2. The van der Waals surface area contributed by atoms with E-state index in [0.29, 0.717) is 12.1 Å². The first-order chi connectivity index (χ1) is 6.77. The smallest absolute Gasteiger partial charge is 0.0464 e. The lowest BCUT2D eigenvalue weighted by Crippen LogP contribution is -2.37. The fraction of sp³-hybridized carbons (Fsp3) is 0.455. The molecule has 0 radical (unpaired) electrons. The average molecular weight is 208 g/mol. The number of nitrogens with zero attached hydrogens (tertiary/aromatic N) is 1. The lowest BCUT2D eigenvalue weighted by atomic mass is 9.94. The van der Waals surface area contributed by atoms with Gasteiger partial charge in [-0.15, -0.1) is 0 Å². The zero-order valence-corrected chi connectivity index (χ0v) is 9.03. The summed E-state index contributed by atoms with van der Waals surface area (Å²) in [5.74, 6) is 0. The molecule has 0 aromatic heterocycles. The Bertz CT molecular complexity index is 289. The van der Waals surface area contributed by atoms with Crippen LogP contribution in [0.5, 0.6) is 0 Å². The van der Waals surface area contributed by atoms with E-state index in [4.69, 9.17) is 5.73 Å². The third-order valence-corrected chi connectivity index (χ3v) is 3.28. The van der Waals surface area contributed by atoms with Gasteiger partial charge in [0.1, 0.15) is 0 Å². The zero-order chi connectivity index (χ0) is 9.97. The maximum atomic E-state index is 5.96. The van der Waals surface area contributed by atoms with Crippen LogP contribution in [-0.2, 0) is 0 Å². The van der Waals surface area contributed by atoms with Gasteiger partial charge in [0.2, 0.25) is 0 Å². The van der Waals surface area contributed by atoms with E-state index in [1.165, 1.54) is 5.56 Å². The van der Waals surface area contributed by atoms with Gasteiger partial charge in [-0.1, -0.05) is 43.1 Å². The first-order valence-electron chi connectivity index (χ1n) is 5.03. The molecular weight excluding hydrogens is 192 g/mol. The molecule has 14 heavy (non-hydrogen) atoms. The maximum Gasteiger partial charge on any atom is 0.0464 e. The Morgan fingerprint density at radius 2 is 2.00 bits per heavy atom. The van der Waals surface area contributed by atoms with Gasteiger partial charge in [-0.3, -0.25) is 0 Å². The van der Waals surface area contributed by atoms with E-state index in [0.717, 1.165) is 19.4 Å². The van der Waals surface area contributed by atoms with Crippen molar-refractivity contribution < 1.29 is 0 Å². The van der Waals surface area contributed by atoms with Crippen molar-refractivity contribution in [2.75, 3.05) is 6.54 Å². The highest BCUT2D eigenvalue weighted by Gasteiger charge is 2.25. The van der Waals surface area contributed by atoms with Gasteiger partial charge in [0.05, 0.1) is 0 Å². The van der Waals surface area contributed by atoms with Gasteiger partial charge in [-0.2, -0.15) is 0 Å². The number of thiol groups is 1. The summed E-state index contributed by atoms with van der Waals surface area (Å²) in [5, 5.41) is 0. The molecule has 1 aromatic rings. The predicted octanol–water partition coefficient (Wildman–Crippen LogP) is 2.00. The lowest BCUT2D eigenvalue weighted by Gasteiger charge is -2.34. The molecule has 1 aliphatic heterocycles. The second-order valence-corrected chi connectivity index (χ2v) is 4.39. The summed E-state index contributed by atoms with van der Waals surface area (Å²) >= 11 is 4.49. The monoisotopic (exact) mass is 208 g/mol. The first kappa shape index (κ1) is 10.0. The van der Waals surface area contributed by atoms with E-state index in [1.54, 1.807) is 0 Å². The van der Waals surface area contributed by atoms with E-state index < -0.39 is 0 Å². The Balaban J connectivity index is 2.16. The van der Waals surface area contributed by atoms with Crippen LogP contribution < -0.4 is 5.73 Å². The van der Waals surface area contributed by atoms with Crippen LogP contribution in [0.15, 0.2) is 30.3 Å². The van der Waals surface area contributed by atoms with Crippen LogP contribution >= 0.6 is 12.8 Å². The summed E-state index contributed by atoms with van der Waals surface area (Å²) in [6.07, 6.45) is 2.06. The van der Waals surface area contributed by atoms with E-state index >= 15 is 0 Å². The fourth-order valence-electron chi connectivity index (χ4n) is 1.96. The van der Waals surface area contributed by atoms with Gasteiger partial charge in [-0.25, -0.2) is 4.31 Å². The maximum absolute atomic E-state index is 5.96. The Morgan fingerprint density at radius 3 is 2.71 bits per heavy atom. The van der Waals surface area contributed by atoms with Crippen molar-refractivity contribution in [1.82, 2.24) is 4.31 Å². The van der Waals surface area contributed by atoms with Crippen molar-refractivity contribution in [3.63, 3.8) is 0 Å². The summed E-state index contributed by atoms with van der Waals surface area (Å²) in [7, 11) is 0. The van der Waals surface area contributed by atoms with Gasteiger partial charge in [-0.05, 0) is 18.4 Å². The molecule has 1 heterocycles. The molecule has 0 amide bonds. The zero-order valence-electron chi connectivity index (χ0n) is 8.13. The van der Waals surface area contributed by atoms with E-state index in [2.05, 4.69) is 41.4 Å². The molecule has 2 nitrogen and oxygen atoms in total. The summed E-state index contributed by atoms with van der Waals surface area (Å²) in [4.78, 5) is 0. The molecule has 1 aromatic carbocycles. The van der Waals surface area contributed by atoms with Crippen LogP contribution in [0.1, 0.15) is 24.4 Å². The second-order valence-electron chi connectivity index (χ2n) is 3.87. The molecule has 2 N–H and O–H groups in total. The number of rotatable bonds is 1. The largest absolute Gasteiger partial charge is 0.328 e. The van der Waals surface area contributed by atoms with Crippen molar-refractivity contribution in [3.8, 4) is 0 Å². The van der Waals surface area contributed by atoms with Crippen LogP contribution in [0.4, 0.5) is 0 Å². The predicted molar refractivity (Wildman–Crippen MR) is 62.1 cm³/mol. The second kappa shape index (κ2) is 4.34. The molecule has 1 saturated heterocycles. The Morgan fingerprint density at radius 1 is 1.29 bits per heavy atom. The standard InChI is InChI=1S/C11H16N2S/c12-10-6-7-13(14)11(8-10)9-4-2-1-3-5-9/h1-5,10-11,14H,6-8,12H2/t10-,11+/m1/s1. The highest BCUT2D eigenvalue weighted by molar-refractivity contribution is 7.77. The third kappa shape index (κ3) is 2.11. The molecule has 1 fully saturated rings. The highest BCUT2D eigenvalue weighted by Crippen LogP contribution is 2.31. The number of benzene rings is 1. The number of hydrogen-bond donors (Lipinski definition) is 2. The number of piperidine rings is 1. The highest BCUT2D eigenvalue weighted by atomic mass is 32.1. The molecule has 2 atom stereocenters. The van der Waals surface area contributed by atoms with Gasteiger partial charge < -0.3 is 5.73 Å². The van der Waals surface area contributed by atoms with Crippen molar-refractivity contribution >= 4 is 12.8 Å². The molecule has 76 valence electrons. The molecule has 1 aliphatic rings. The number of nitrogens with two attached hydrogens (primary N) is 1. The van der Waals surface area contributed by atoms with Crippen molar-refractivity contribution in [2.45, 2.75) is 24.9 Å². The summed E-state index contributed by atoms with van der Waals surface area (Å²) in [5.41, 5.74) is 7.28. The Labute approximate surface area is 90.6 Å². The lowest BCUT2D eigenvalue weighted by molar-refractivity contribution is 0.257. The molecule has 3 heteroatoms. The van der Waals surface area contributed by atoms with Crippen LogP contribution in [0.3, 0.4) is 0 Å². The Kier molecular flexibility index (Phi) is 3.11. The number of hydrogen-bond acceptors (Lipinski definition) is 3. The molecule has 0 bridgehead atoms. The molecule has 0 saturated carbocycles. The van der Waals surface area contributed by atoms with E-state index in [-0.39, 0.29) is 0 Å². The van der Waals surface area contributed by atoms with E-state index in [1.807, 2.05) is 6.07 Å².